The fourth-order valence-electron chi connectivity index (χ4n) is 3.21. The molecule has 176 valence electrons. The molecule has 0 unspecified atom stereocenters. The van der Waals surface area contributed by atoms with E-state index in [1.54, 1.807) is 47.0 Å². The first-order valence-electron chi connectivity index (χ1n) is 10.6. The van der Waals surface area contributed by atoms with E-state index in [4.69, 9.17) is 4.74 Å². The lowest BCUT2D eigenvalue weighted by Gasteiger charge is -2.13. The monoisotopic (exact) mass is 463 g/mol. The van der Waals surface area contributed by atoms with Crippen LogP contribution in [0, 0.1) is 5.82 Å². The van der Waals surface area contributed by atoms with Crippen molar-refractivity contribution in [2.45, 2.75) is 26.2 Å². The van der Waals surface area contributed by atoms with Gasteiger partial charge in [0.2, 0.25) is 0 Å². The molecule has 0 atom stereocenters. The van der Waals surface area contributed by atoms with Gasteiger partial charge < -0.3 is 10.1 Å². The minimum atomic E-state index is -0.595. The molecule has 4 aromatic rings. The van der Waals surface area contributed by atoms with Crippen LogP contribution < -0.4 is 15.4 Å². The minimum absolute atomic E-state index is 0.0187. The molecule has 0 saturated carbocycles. The number of anilines is 2. The molecule has 2 N–H and O–H groups in total. The fraction of sp³-hybridized carbons (Fsp3) is 0.250. The van der Waals surface area contributed by atoms with Crippen LogP contribution in [0.15, 0.2) is 55.0 Å². The standard InChI is InChI=1S/C24H26FN7O2/c1-24(2,3)21-12-22(32(5)30-21)29-23(33)28-20-11-16(6-7-18(20)25)34-17-8-9-26-19(10-17)15-13-27-31(4)14-15/h6-14H,1-5H3,(H2,28,29,33). The third-order valence-electron chi connectivity index (χ3n) is 5.04. The molecule has 34 heavy (non-hydrogen) atoms. The van der Waals surface area contributed by atoms with E-state index in [1.165, 1.54) is 18.2 Å². The summed E-state index contributed by atoms with van der Waals surface area (Å²) in [5.74, 6) is 0.777. The Morgan fingerprint density at radius 1 is 1.06 bits per heavy atom. The largest absolute Gasteiger partial charge is 0.457 e. The molecular formula is C24H26FN7O2. The van der Waals surface area contributed by atoms with E-state index in [2.05, 4.69) is 25.8 Å². The first-order valence-corrected chi connectivity index (χ1v) is 10.6. The highest BCUT2D eigenvalue weighted by Crippen LogP contribution is 2.29. The number of pyridine rings is 1. The number of rotatable bonds is 5. The van der Waals surface area contributed by atoms with Gasteiger partial charge in [0.25, 0.3) is 0 Å². The summed E-state index contributed by atoms with van der Waals surface area (Å²) in [6.07, 6.45) is 5.17. The molecule has 0 fully saturated rings. The van der Waals surface area contributed by atoms with E-state index in [-0.39, 0.29) is 11.1 Å². The highest BCUT2D eigenvalue weighted by Gasteiger charge is 2.20. The molecule has 0 aliphatic rings. The smallest absolute Gasteiger partial charge is 0.324 e. The maximum Gasteiger partial charge on any atom is 0.324 e. The Labute approximate surface area is 196 Å². The number of benzene rings is 1. The quantitative estimate of drug-likeness (QED) is 0.430. The van der Waals surface area contributed by atoms with Crippen molar-refractivity contribution in [1.29, 1.82) is 0 Å². The molecule has 10 heteroatoms. The second-order valence-corrected chi connectivity index (χ2v) is 8.89. The maximum atomic E-state index is 14.4. The van der Waals surface area contributed by atoms with Crippen molar-refractivity contribution >= 4 is 17.5 Å². The zero-order valence-corrected chi connectivity index (χ0v) is 19.6. The van der Waals surface area contributed by atoms with Crippen molar-refractivity contribution in [3.63, 3.8) is 0 Å². The van der Waals surface area contributed by atoms with Crippen LogP contribution in [0.1, 0.15) is 26.5 Å². The summed E-state index contributed by atoms with van der Waals surface area (Å²) in [4.78, 5) is 16.9. The van der Waals surface area contributed by atoms with Crippen molar-refractivity contribution in [2.75, 3.05) is 10.6 Å². The van der Waals surface area contributed by atoms with Gasteiger partial charge in [-0.2, -0.15) is 10.2 Å². The van der Waals surface area contributed by atoms with E-state index in [1.807, 2.05) is 34.0 Å². The first kappa shape index (κ1) is 23.0. The van der Waals surface area contributed by atoms with Gasteiger partial charge in [-0.15, -0.1) is 0 Å². The molecule has 9 nitrogen and oxygen atoms in total. The molecule has 3 aromatic heterocycles. The van der Waals surface area contributed by atoms with E-state index < -0.39 is 11.8 Å². The van der Waals surface area contributed by atoms with Gasteiger partial charge in [-0.3, -0.25) is 19.7 Å². The van der Waals surface area contributed by atoms with E-state index in [9.17, 15) is 9.18 Å². The number of hydrogen-bond acceptors (Lipinski definition) is 5. The molecule has 1 aromatic carbocycles. The van der Waals surface area contributed by atoms with Crippen molar-refractivity contribution in [1.82, 2.24) is 24.5 Å². The van der Waals surface area contributed by atoms with Gasteiger partial charge >= 0.3 is 6.03 Å². The van der Waals surface area contributed by atoms with Gasteiger partial charge in [-0.25, -0.2) is 9.18 Å². The Morgan fingerprint density at radius 2 is 1.82 bits per heavy atom. The van der Waals surface area contributed by atoms with Gasteiger partial charge in [0, 0.05) is 55.7 Å². The number of carbonyl (C=O) groups excluding carboxylic acids is 1. The molecular weight excluding hydrogens is 437 g/mol. The van der Waals surface area contributed by atoms with Crippen LogP contribution in [0.2, 0.25) is 0 Å². The third-order valence-corrected chi connectivity index (χ3v) is 5.04. The SMILES string of the molecule is Cn1cc(-c2cc(Oc3ccc(F)c(NC(=O)Nc4cc(C(C)(C)C)nn4C)c3)ccn2)cn1. The topological polar surface area (TPSA) is 98.9 Å². The summed E-state index contributed by atoms with van der Waals surface area (Å²) in [6, 6.07) is 8.78. The second kappa shape index (κ2) is 8.97. The Kier molecular flexibility index (Phi) is 6.06. The lowest BCUT2D eigenvalue weighted by molar-refractivity contribution is 0.262. The Morgan fingerprint density at radius 3 is 2.50 bits per heavy atom. The first-order chi connectivity index (χ1) is 16.1. The number of amides is 2. The molecule has 3 heterocycles. The number of nitrogens with zero attached hydrogens (tertiary/aromatic N) is 5. The lowest BCUT2D eigenvalue weighted by Crippen LogP contribution is -2.21. The minimum Gasteiger partial charge on any atom is -0.457 e. The Bertz CT molecular complexity index is 1340. The number of aryl methyl sites for hydroxylation is 2. The normalized spacial score (nSPS) is 11.4. The highest BCUT2D eigenvalue weighted by molar-refractivity contribution is 5.99. The summed E-state index contributed by atoms with van der Waals surface area (Å²) < 4.78 is 23.5. The average molecular weight is 464 g/mol. The van der Waals surface area contributed by atoms with Crippen molar-refractivity contribution < 1.29 is 13.9 Å². The summed E-state index contributed by atoms with van der Waals surface area (Å²) >= 11 is 0. The number of halogens is 1. The Hall–Kier alpha value is -4.21. The predicted molar refractivity (Wildman–Crippen MR) is 127 cm³/mol. The summed E-state index contributed by atoms with van der Waals surface area (Å²) in [7, 11) is 3.55. The number of urea groups is 1. The summed E-state index contributed by atoms with van der Waals surface area (Å²) in [5.41, 5.74) is 2.17. The average Bonchev–Trinajstić information content (AvgIpc) is 3.36. The molecule has 4 rings (SSSR count). The van der Waals surface area contributed by atoms with Crippen LogP contribution in [-0.4, -0.2) is 30.6 Å². The van der Waals surface area contributed by atoms with Crippen LogP contribution in [0.4, 0.5) is 20.7 Å². The van der Waals surface area contributed by atoms with Crippen LogP contribution >= 0.6 is 0 Å². The molecule has 0 saturated heterocycles. The van der Waals surface area contributed by atoms with Crippen LogP contribution in [0.5, 0.6) is 11.5 Å². The van der Waals surface area contributed by atoms with Crippen molar-refractivity contribution in [2.24, 2.45) is 14.1 Å². The second-order valence-electron chi connectivity index (χ2n) is 8.89. The van der Waals surface area contributed by atoms with Gasteiger partial charge in [0.15, 0.2) is 0 Å². The third kappa shape index (κ3) is 5.22. The molecule has 0 aliphatic carbocycles. The fourth-order valence-corrected chi connectivity index (χ4v) is 3.21. The van der Waals surface area contributed by atoms with Crippen molar-refractivity contribution in [3.8, 4) is 22.8 Å². The Balaban J connectivity index is 1.47. The molecule has 0 aliphatic heterocycles. The number of ether oxygens (including phenoxy) is 1. The van der Waals surface area contributed by atoms with Crippen molar-refractivity contribution in [3.05, 3.63) is 66.5 Å². The number of hydrogen-bond donors (Lipinski definition) is 2. The maximum absolute atomic E-state index is 14.4. The zero-order chi connectivity index (χ0) is 24.5. The van der Waals surface area contributed by atoms with Gasteiger partial charge in [0.05, 0.1) is 23.3 Å². The van der Waals surface area contributed by atoms with Crippen LogP contribution in [-0.2, 0) is 19.5 Å². The van der Waals surface area contributed by atoms with E-state index >= 15 is 0 Å². The molecule has 0 bridgehead atoms. The van der Waals surface area contributed by atoms with Crippen LogP contribution in [0.25, 0.3) is 11.3 Å². The summed E-state index contributed by atoms with van der Waals surface area (Å²) in [6.45, 7) is 6.09. The molecule has 0 radical (unpaired) electrons. The number of nitrogens with one attached hydrogen (secondary N) is 2. The van der Waals surface area contributed by atoms with Gasteiger partial charge in [0.1, 0.15) is 23.1 Å². The summed E-state index contributed by atoms with van der Waals surface area (Å²) in [5, 5.41) is 13.8. The number of aromatic nitrogens is 5. The van der Waals surface area contributed by atoms with Gasteiger partial charge in [-0.1, -0.05) is 20.8 Å². The van der Waals surface area contributed by atoms with E-state index in [0.717, 1.165) is 11.3 Å². The van der Waals surface area contributed by atoms with Gasteiger partial charge in [-0.05, 0) is 18.2 Å². The zero-order valence-electron chi connectivity index (χ0n) is 19.6. The molecule has 0 spiro atoms. The van der Waals surface area contributed by atoms with Crippen LogP contribution in [0.3, 0.4) is 0 Å². The lowest BCUT2D eigenvalue weighted by atomic mass is 9.92. The molecule has 2 amide bonds. The van der Waals surface area contributed by atoms with E-state index in [0.29, 0.717) is 23.0 Å². The highest BCUT2D eigenvalue weighted by atomic mass is 19.1. The predicted octanol–water partition coefficient (Wildman–Crippen LogP) is 5.09. The number of carbonyl (C=O) groups is 1.